The van der Waals surface area contributed by atoms with Gasteiger partial charge in [0, 0.05) is 22.0 Å². The lowest BCUT2D eigenvalue weighted by Gasteiger charge is -2.08. The Balaban J connectivity index is 1.84. The van der Waals surface area contributed by atoms with Gasteiger partial charge in [0.05, 0.1) is 25.5 Å². The molecule has 1 aromatic heterocycles. The zero-order chi connectivity index (χ0) is 18.7. The molecule has 1 amide bonds. The fourth-order valence-electron chi connectivity index (χ4n) is 2.30. The molecule has 0 radical (unpaired) electrons. The first-order valence-electron chi connectivity index (χ1n) is 7.46. The van der Waals surface area contributed by atoms with Crippen molar-refractivity contribution in [3.8, 4) is 22.8 Å². The van der Waals surface area contributed by atoms with Gasteiger partial charge in [-0.25, -0.2) is 9.37 Å². The molecule has 2 aromatic carbocycles. The van der Waals surface area contributed by atoms with Gasteiger partial charge in [-0.3, -0.25) is 10.1 Å². The molecule has 1 heterocycles. The van der Waals surface area contributed by atoms with Gasteiger partial charge in [0.2, 0.25) is 0 Å². The third-order valence-electron chi connectivity index (χ3n) is 3.58. The van der Waals surface area contributed by atoms with Crippen LogP contribution in [-0.4, -0.2) is 25.1 Å². The summed E-state index contributed by atoms with van der Waals surface area (Å²) in [5.41, 5.74) is 1.23. The predicted octanol–water partition coefficient (Wildman–Crippen LogP) is 4.87. The molecule has 8 heteroatoms. The van der Waals surface area contributed by atoms with Crippen molar-refractivity contribution < 1.29 is 18.7 Å². The van der Waals surface area contributed by atoms with E-state index in [-0.39, 0.29) is 10.6 Å². The van der Waals surface area contributed by atoms with E-state index in [0.717, 1.165) is 11.6 Å². The molecule has 1 N–H and O–H groups in total. The van der Waals surface area contributed by atoms with Gasteiger partial charge in [0.25, 0.3) is 5.91 Å². The van der Waals surface area contributed by atoms with E-state index in [0.29, 0.717) is 22.3 Å². The maximum Gasteiger partial charge on any atom is 0.260 e. The second-order valence-electron chi connectivity index (χ2n) is 5.18. The Kier molecular flexibility index (Phi) is 5.39. The number of benzene rings is 2. The van der Waals surface area contributed by atoms with Crippen LogP contribution in [0.4, 0.5) is 9.52 Å². The third-order valence-corrected chi connectivity index (χ3v) is 4.58. The Morgan fingerprint density at radius 3 is 2.73 bits per heavy atom. The van der Waals surface area contributed by atoms with E-state index < -0.39 is 11.7 Å². The van der Waals surface area contributed by atoms with Crippen LogP contribution < -0.4 is 14.8 Å². The van der Waals surface area contributed by atoms with Crippen LogP contribution in [0.25, 0.3) is 11.3 Å². The number of ether oxygens (including phenoxy) is 2. The Hall–Kier alpha value is -2.64. The summed E-state index contributed by atoms with van der Waals surface area (Å²) in [6, 6.07) is 9.14. The molecule has 3 rings (SSSR count). The molecule has 3 aromatic rings. The summed E-state index contributed by atoms with van der Waals surface area (Å²) < 4.78 is 24.3. The molecule has 0 unspecified atom stereocenters. The highest BCUT2D eigenvalue weighted by atomic mass is 35.5. The van der Waals surface area contributed by atoms with Gasteiger partial charge < -0.3 is 9.47 Å². The maximum atomic E-state index is 13.8. The highest BCUT2D eigenvalue weighted by Gasteiger charge is 2.16. The van der Waals surface area contributed by atoms with Gasteiger partial charge >= 0.3 is 0 Å². The highest BCUT2D eigenvalue weighted by Crippen LogP contribution is 2.35. The second-order valence-corrected chi connectivity index (χ2v) is 6.48. The quantitative estimate of drug-likeness (QED) is 0.672. The summed E-state index contributed by atoms with van der Waals surface area (Å²) in [6.45, 7) is 0. The lowest BCUT2D eigenvalue weighted by atomic mass is 10.1. The molecule has 0 aliphatic heterocycles. The van der Waals surface area contributed by atoms with Crippen molar-refractivity contribution >= 4 is 34.0 Å². The fourth-order valence-corrected chi connectivity index (χ4v) is 3.18. The van der Waals surface area contributed by atoms with Crippen LogP contribution in [0.2, 0.25) is 5.02 Å². The molecule has 0 atom stereocenters. The van der Waals surface area contributed by atoms with Crippen LogP contribution in [0, 0.1) is 5.82 Å². The van der Waals surface area contributed by atoms with Crippen molar-refractivity contribution in [2.24, 2.45) is 0 Å². The summed E-state index contributed by atoms with van der Waals surface area (Å²) in [5, 5.41) is 4.97. The molecule has 0 saturated heterocycles. The van der Waals surface area contributed by atoms with Crippen molar-refractivity contribution in [1.82, 2.24) is 4.98 Å². The van der Waals surface area contributed by atoms with Crippen molar-refractivity contribution in [3.05, 3.63) is 58.2 Å². The number of rotatable bonds is 5. The Morgan fingerprint density at radius 1 is 1.19 bits per heavy atom. The van der Waals surface area contributed by atoms with E-state index in [1.165, 1.54) is 23.5 Å². The molecule has 134 valence electrons. The number of aromatic nitrogens is 1. The number of nitrogens with zero attached hydrogens (tertiary/aromatic N) is 1. The number of amides is 1. The van der Waals surface area contributed by atoms with E-state index >= 15 is 0 Å². The second kappa shape index (κ2) is 7.72. The molecule has 5 nitrogen and oxygen atoms in total. The molecule has 0 fully saturated rings. The molecule has 0 saturated carbocycles. The maximum absolute atomic E-state index is 13.8. The van der Waals surface area contributed by atoms with Gasteiger partial charge in [-0.1, -0.05) is 11.6 Å². The molecule has 0 spiro atoms. The summed E-state index contributed by atoms with van der Waals surface area (Å²) in [5.74, 6) is -0.0210. The normalized spacial score (nSPS) is 10.5. The average molecular weight is 393 g/mol. The van der Waals surface area contributed by atoms with Crippen molar-refractivity contribution in [2.75, 3.05) is 19.5 Å². The van der Waals surface area contributed by atoms with Crippen LogP contribution in [0.15, 0.2) is 41.8 Å². The largest absolute Gasteiger partial charge is 0.497 e. The minimum Gasteiger partial charge on any atom is -0.497 e. The smallest absolute Gasteiger partial charge is 0.260 e. The summed E-state index contributed by atoms with van der Waals surface area (Å²) >= 11 is 7.04. The van der Waals surface area contributed by atoms with Crippen LogP contribution >= 0.6 is 22.9 Å². The van der Waals surface area contributed by atoms with E-state index in [4.69, 9.17) is 21.1 Å². The average Bonchev–Trinajstić information content (AvgIpc) is 3.11. The van der Waals surface area contributed by atoms with Crippen molar-refractivity contribution in [3.63, 3.8) is 0 Å². The van der Waals surface area contributed by atoms with Crippen LogP contribution in [0.1, 0.15) is 10.4 Å². The van der Waals surface area contributed by atoms with Crippen LogP contribution in [0.5, 0.6) is 11.5 Å². The first kappa shape index (κ1) is 18.2. The number of halogens is 2. The molecular weight excluding hydrogens is 379 g/mol. The lowest BCUT2D eigenvalue weighted by molar-refractivity contribution is 0.102. The molecule has 0 aliphatic rings. The highest BCUT2D eigenvalue weighted by molar-refractivity contribution is 7.14. The molecule has 0 bridgehead atoms. The van der Waals surface area contributed by atoms with Gasteiger partial charge in [-0.2, -0.15) is 0 Å². The number of hydrogen-bond acceptors (Lipinski definition) is 5. The summed E-state index contributed by atoms with van der Waals surface area (Å²) in [7, 11) is 3.12. The summed E-state index contributed by atoms with van der Waals surface area (Å²) in [4.78, 5) is 16.6. The fraction of sp³-hybridized carbons (Fsp3) is 0.111. The van der Waals surface area contributed by atoms with Gasteiger partial charge in [-0.15, -0.1) is 11.3 Å². The Bertz CT molecular complexity index is 961. The molecule has 0 aliphatic carbocycles. The van der Waals surface area contributed by atoms with Gasteiger partial charge in [0.15, 0.2) is 5.13 Å². The molecule has 26 heavy (non-hydrogen) atoms. The van der Waals surface area contributed by atoms with Crippen LogP contribution in [-0.2, 0) is 0 Å². The zero-order valence-corrected chi connectivity index (χ0v) is 15.5. The minimum atomic E-state index is -0.652. The number of thiazole rings is 1. The Labute approximate surface area is 158 Å². The van der Waals surface area contributed by atoms with Crippen molar-refractivity contribution in [2.45, 2.75) is 0 Å². The van der Waals surface area contributed by atoms with Gasteiger partial charge in [0.1, 0.15) is 17.3 Å². The van der Waals surface area contributed by atoms with E-state index in [1.807, 2.05) is 6.07 Å². The third kappa shape index (κ3) is 3.79. The first-order chi connectivity index (χ1) is 12.5. The summed E-state index contributed by atoms with van der Waals surface area (Å²) in [6.07, 6.45) is 0. The van der Waals surface area contributed by atoms with Gasteiger partial charge in [-0.05, 0) is 30.3 Å². The number of methoxy groups -OCH3 is 2. The predicted molar refractivity (Wildman–Crippen MR) is 100 cm³/mol. The van der Waals surface area contributed by atoms with E-state index in [1.54, 1.807) is 31.7 Å². The number of carbonyl (C=O) groups excluding carboxylic acids is 1. The monoisotopic (exact) mass is 392 g/mol. The zero-order valence-electron chi connectivity index (χ0n) is 13.9. The number of carbonyl (C=O) groups is 1. The lowest BCUT2D eigenvalue weighted by Crippen LogP contribution is -2.13. The minimum absolute atomic E-state index is 0.142. The SMILES string of the molecule is COc1ccc(-c2csc(NC(=O)c3cc(Cl)ccc3F)n2)c(OC)c1. The standard InChI is InChI=1S/C18H14ClFN2O3S/c1-24-11-4-5-12(16(8-11)25-2)15-9-26-18(21-15)22-17(23)13-7-10(19)3-6-14(13)20/h3-9H,1-2H3,(H,21,22,23). The number of hydrogen-bond donors (Lipinski definition) is 1. The van der Waals surface area contributed by atoms with Crippen LogP contribution in [0.3, 0.4) is 0 Å². The topological polar surface area (TPSA) is 60.5 Å². The van der Waals surface area contributed by atoms with E-state index in [9.17, 15) is 9.18 Å². The number of anilines is 1. The van der Waals surface area contributed by atoms with E-state index in [2.05, 4.69) is 10.3 Å². The first-order valence-corrected chi connectivity index (χ1v) is 8.72. The number of nitrogens with one attached hydrogen (secondary N) is 1. The Morgan fingerprint density at radius 2 is 2.00 bits per heavy atom. The van der Waals surface area contributed by atoms with Crippen molar-refractivity contribution in [1.29, 1.82) is 0 Å². The molecular formula is C18H14ClFN2O3S.